The zero-order valence-electron chi connectivity index (χ0n) is 15.6. The van der Waals surface area contributed by atoms with Gasteiger partial charge in [-0.25, -0.2) is 4.98 Å². The first-order chi connectivity index (χ1) is 13.6. The summed E-state index contributed by atoms with van der Waals surface area (Å²) in [5.74, 6) is 0.199. The van der Waals surface area contributed by atoms with Crippen LogP contribution in [0.15, 0.2) is 76.8 Å². The molecule has 0 aliphatic carbocycles. The summed E-state index contributed by atoms with van der Waals surface area (Å²) in [5, 5.41) is 1.07. The molecule has 140 valence electrons. The molecule has 0 aliphatic rings. The van der Waals surface area contributed by atoms with Gasteiger partial charge in [-0.3, -0.25) is 14.2 Å². The van der Waals surface area contributed by atoms with E-state index in [1.807, 2.05) is 68.7 Å². The summed E-state index contributed by atoms with van der Waals surface area (Å²) >= 11 is 1.28. The molecule has 0 saturated carbocycles. The highest BCUT2D eigenvalue weighted by Crippen LogP contribution is 2.23. The van der Waals surface area contributed by atoms with Gasteiger partial charge >= 0.3 is 0 Å². The van der Waals surface area contributed by atoms with Crippen LogP contribution in [0.1, 0.15) is 16.1 Å². The lowest BCUT2D eigenvalue weighted by molar-refractivity contribution is 0.101. The van der Waals surface area contributed by atoms with Crippen molar-refractivity contribution >= 4 is 28.4 Å². The number of hydrogen-bond donors (Lipinski definition) is 0. The Morgan fingerprint density at radius 1 is 1.04 bits per heavy atom. The number of benzene rings is 2. The summed E-state index contributed by atoms with van der Waals surface area (Å²) < 4.78 is 3.41. The van der Waals surface area contributed by atoms with Crippen molar-refractivity contribution in [3.63, 3.8) is 0 Å². The molecule has 28 heavy (non-hydrogen) atoms. The first-order valence-corrected chi connectivity index (χ1v) is 9.90. The monoisotopic (exact) mass is 389 g/mol. The minimum absolute atomic E-state index is 0.00348. The molecule has 0 amide bonds. The van der Waals surface area contributed by atoms with Gasteiger partial charge < -0.3 is 4.57 Å². The summed E-state index contributed by atoms with van der Waals surface area (Å²) in [4.78, 5) is 30.6. The average Bonchev–Trinajstić information content (AvgIpc) is 3.13. The van der Waals surface area contributed by atoms with Crippen LogP contribution in [0.25, 0.3) is 16.6 Å². The Bertz CT molecular complexity index is 1240. The quantitative estimate of drug-likeness (QED) is 0.294. The molecule has 4 aromatic rings. The number of carbonyl (C=O) groups is 1. The van der Waals surface area contributed by atoms with Crippen molar-refractivity contribution in [2.75, 3.05) is 5.75 Å². The van der Waals surface area contributed by atoms with Crippen LogP contribution in [-0.2, 0) is 7.05 Å². The Balaban J connectivity index is 1.81. The largest absolute Gasteiger partial charge is 0.348 e. The second kappa shape index (κ2) is 7.48. The van der Waals surface area contributed by atoms with Gasteiger partial charge in [0.05, 0.1) is 28.0 Å². The third-order valence-electron chi connectivity index (χ3n) is 4.66. The van der Waals surface area contributed by atoms with Gasteiger partial charge in [-0.15, -0.1) is 0 Å². The van der Waals surface area contributed by atoms with Crippen LogP contribution in [0.4, 0.5) is 0 Å². The molecule has 0 unspecified atom stereocenters. The fourth-order valence-corrected chi connectivity index (χ4v) is 4.07. The Morgan fingerprint density at radius 3 is 2.54 bits per heavy atom. The van der Waals surface area contributed by atoms with Crippen molar-refractivity contribution in [1.82, 2.24) is 14.1 Å². The van der Waals surface area contributed by atoms with Crippen molar-refractivity contribution in [3.05, 3.63) is 88.5 Å². The van der Waals surface area contributed by atoms with E-state index >= 15 is 0 Å². The first kappa shape index (κ1) is 18.3. The lowest BCUT2D eigenvalue weighted by Gasteiger charge is -2.15. The van der Waals surface area contributed by atoms with Crippen LogP contribution in [0.3, 0.4) is 0 Å². The molecule has 4 rings (SSSR count). The Hall–Kier alpha value is -3.12. The number of hydrogen-bond acceptors (Lipinski definition) is 4. The Labute approximate surface area is 166 Å². The van der Waals surface area contributed by atoms with E-state index in [4.69, 9.17) is 4.98 Å². The van der Waals surface area contributed by atoms with E-state index in [-0.39, 0.29) is 17.1 Å². The van der Waals surface area contributed by atoms with Gasteiger partial charge in [-0.1, -0.05) is 42.1 Å². The third-order valence-corrected chi connectivity index (χ3v) is 5.60. The highest BCUT2D eigenvalue weighted by molar-refractivity contribution is 7.99. The molecule has 2 aromatic heterocycles. The van der Waals surface area contributed by atoms with Gasteiger partial charge in [0.1, 0.15) is 0 Å². The van der Waals surface area contributed by atoms with Gasteiger partial charge in [-0.05, 0) is 42.8 Å². The summed E-state index contributed by atoms with van der Waals surface area (Å²) in [6.45, 7) is 1.96. The number of fused-ring (bicyclic) bond motifs is 1. The van der Waals surface area contributed by atoms with Crippen LogP contribution in [0, 0.1) is 6.92 Å². The Kier molecular flexibility index (Phi) is 4.88. The maximum Gasteiger partial charge on any atom is 0.266 e. The second-order valence-corrected chi connectivity index (χ2v) is 7.50. The molecular weight excluding hydrogens is 370 g/mol. The predicted octanol–water partition coefficient (Wildman–Crippen LogP) is 4.01. The predicted molar refractivity (Wildman–Crippen MR) is 113 cm³/mol. The number of nitrogens with zero attached hydrogens (tertiary/aromatic N) is 3. The molecule has 5 nitrogen and oxygen atoms in total. The summed E-state index contributed by atoms with van der Waals surface area (Å²) in [5.41, 5.74) is 2.88. The minimum atomic E-state index is -0.131. The zero-order chi connectivity index (χ0) is 19.7. The van der Waals surface area contributed by atoms with Gasteiger partial charge in [0, 0.05) is 13.2 Å². The van der Waals surface area contributed by atoms with Crippen molar-refractivity contribution in [2.24, 2.45) is 7.05 Å². The fraction of sp³-hybridized carbons (Fsp3) is 0.136. The van der Waals surface area contributed by atoms with Crippen LogP contribution in [0.5, 0.6) is 0 Å². The number of carbonyl (C=O) groups excluding carboxylic acids is 1. The van der Waals surface area contributed by atoms with Crippen molar-refractivity contribution in [1.29, 1.82) is 0 Å². The molecule has 0 N–H and O–H groups in total. The van der Waals surface area contributed by atoms with Gasteiger partial charge in [-0.2, -0.15) is 0 Å². The third kappa shape index (κ3) is 3.27. The van der Waals surface area contributed by atoms with E-state index in [1.165, 1.54) is 11.8 Å². The van der Waals surface area contributed by atoms with Crippen LogP contribution in [-0.4, -0.2) is 25.7 Å². The normalized spacial score (nSPS) is 11.1. The SMILES string of the molecule is Cc1ccccc1-n1c(SCC(=O)c2cccn2C)nc2ccccc2c1=O. The first-order valence-electron chi connectivity index (χ1n) is 8.91. The topological polar surface area (TPSA) is 56.9 Å². The van der Waals surface area contributed by atoms with Crippen LogP contribution < -0.4 is 5.56 Å². The number of thioether (sulfide) groups is 1. The zero-order valence-corrected chi connectivity index (χ0v) is 16.4. The van der Waals surface area contributed by atoms with Gasteiger partial charge in [0.2, 0.25) is 0 Å². The number of rotatable bonds is 5. The number of ketones is 1. The molecule has 0 bridgehead atoms. The van der Waals surface area contributed by atoms with E-state index in [9.17, 15) is 9.59 Å². The maximum absolute atomic E-state index is 13.2. The summed E-state index contributed by atoms with van der Waals surface area (Å²) in [7, 11) is 1.84. The minimum Gasteiger partial charge on any atom is -0.348 e. The molecule has 0 atom stereocenters. The molecule has 2 heterocycles. The smallest absolute Gasteiger partial charge is 0.266 e. The van der Waals surface area contributed by atoms with E-state index in [2.05, 4.69) is 0 Å². The highest BCUT2D eigenvalue weighted by atomic mass is 32.2. The summed E-state index contributed by atoms with van der Waals surface area (Å²) in [6, 6.07) is 18.6. The van der Waals surface area contributed by atoms with E-state index in [1.54, 1.807) is 21.3 Å². The van der Waals surface area contributed by atoms with Crippen molar-refractivity contribution in [2.45, 2.75) is 12.1 Å². The van der Waals surface area contributed by atoms with Crippen LogP contribution in [0.2, 0.25) is 0 Å². The molecule has 0 saturated heterocycles. The molecule has 6 heteroatoms. The van der Waals surface area contributed by atoms with E-state index in [0.29, 0.717) is 21.8 Å². The van der Waals surface area contributed by atoms with E-state index < -0.39 is 0 Å². The number of aromatic nitrogens is 3. The maximum atomic E-state index is 13.2. The number of Topliss-reactive ketones (excluding diaryl/α,β-unsaturated/α-hetero) is 1. The summed E-state index contributed by atoms with van der Waals surface area (Å²) in [6.07, 6.45) is 1.84. The van der Waals surface area contributed by atoms with Gasteiger partial charge in [0.25, 0.3) is 5.56 Å². The average molecular weight is 389 g/mol. The standard InChI is InChI=1S/C22H19N3O2S/c1-15-8-3-6-11-18(15)25-21(27)16-9-4-5-10-17(16)23-22(25)28-14-20(26)19-12-7-13-24(19)2/h3-13H,14H2,1-2H3. The highest BCUT2D eigenvalue weighted by Gasteiger charge is 2.17. The lowest BCUT2D eigenvalue weighted by Crippen LogP contribution is -2.23. The molecule has 0 radical (unpaired) electrons. The van der Waals surface area contributed by atoms with Crippen molar-refractivity contribution < 1.29 is 4.79 Å². The second-order valence-electron chi connectivity index (χ2n) is 6.55. The molecule has 0 aliphatic heterocycles. The molecule has 0 fully saturated rings. The fourth-order valence-electron chi connectivity index (χ4n) is 3.19. The number of para-hydroxylation sites is 2. The van der Waals surface area contributed by atoms with Crippen LogP contribution >= 0.6 is 11.8 Å². The molecule has 0 spiro atoms. The van der Waals surface area contributed by atoms with E-state index in [0.717, 1.165) is 11.3 Å². The molecule has 2 aromatic carbocycles. The van der Waals surface area contributed by atoms with Gasteiger partial charge in [0.15, 0.2) is 10.9 Å². The van der Waals surface area contributed by atoms with Crippen molar-refractivity contribution in [3.8, 4) is 5.69 Å². The number of aryl methyl sites for hydroxylation is 2. The lowest BCUT2D eigenvalue weighted by atomic mass is 10.2. The molecular formula is C22H19N3O2S. The Morgan fingerprint density at radius 2 is 1.79 bits per heavy atom.